The van der Waals surface area contributed by atoms with Crippen LogP contribution in [0.5, 0.6) is 0 Å². The third kappa shape index (κ3) is 2.44. The van der Waals surface area contributed by atoms with Crippen molar-refractivity contribution < 1.29 is 14.3 Å². The second-order valence-corrected chi connectivity index (χ2v) is 4.13. The number of benzene rings is 1. The zero-order chi connectivity index (χ0) is 12.3. The van der Waals surface area contributed by atoms with E-state index in [1.165, 1.54) is 0 Å². The summed E-state index contributed by atoms with van der Waals surface area (Å²) >= 11 is 0. The van der Waals surface area contributed by atoms with Gasteiger partial charge >= 0.3 is 5.97 Å². The lowest BCUT2D eigenvalue weighted by atomic mass is 9.92. The molecule has 1 heterocycles. The topological polar surface area (TPSA) is 43.4 Å². The molecule has 0 aromatic heterocycles. The van der Waals surface area contributed by atoms with Crippen LogP contribution < -0.4 is 0 Å². The number of rotatable bonds is 3. The van der Waals surface area contributed by atoms with Crippen LogP contribution in [-0.2, 0) is 14.3 Å². The highest BCUT2D eigenvalue weighted by molar-refractivity contribution is 5.96. The third-order valence-electron chi connectivity index (χ3n) is 2.97. The zero-order valence-corrected chi connectivity index (χ0v) is 9.63. The Morgan fingerprint density at radius 3 is 2.65 bits per heavy atom. The smallest absolute Gasteiger partial charge is 0.334 e. The summed E-state index contributed by atoms with van der Waals surface area (Å²) in [7, 11) is 0. The first-order valence-corrected chi connectivity index (χ1v) is 5.63. The molecule has 3 heteroatoms. The average molecular weight is 230 g/mol. The molecule has 17 heavy (non-hydrogen) atoms. The Bertz CT molecular complexity index is 448. The highest BCUT2D eigenvalue weighted by atomic mass is 16.5. The Labute approximate surface area is 100 Å². The monoisotopic (exact) mass is 230 g/mol. The van der Waals surface area contributed by atoms with Crippen LogP contribution in [0.2, 0.25) is 0 Å². The summed E-state index contributed by atoms with van der Waals surface area (Å²) in [5.74, 6) is -0.437. The number of hydrogen-bond donors (Lipinski definition) is 0. The molecule has 0 spiro atoms. The molecule has 0 N–H and O–H groups in total. The second kappa shape index (κ2) is 4.95. The number of aldehydes is 1. The van der Waals surface area contributed by atoms with Crippen molar-refractivity contribution in [2.45, 2.75) is 19.4 Å². The van der Waals surface area contributed by atoms with Crippen LogP contribution in [0.15, 0.2) is 35.9 Å². The first-order valence-electron chi connectivity index (χ1n) is 5.63. The molecule has 0 unspecified atom stereocenters. The van der Waals surface area contributed by atoms with Gasteiger partial charge in [-0.05, 0) is 18.6 Å². The van der Waals surface area contributed by atoms with E-state index in [1.807, 2.05) is 37.3 Å². The molecular weight excluding hydrogens is 216 g/mol. The van der Waals surface area contributed by atoms with Gasteiger partial charge in [-0.25, -0.2) is 4.79 Å². The van der Waals surface area contributed by atoms with E-state index in [1.54, 1.807) is 6.08 Å². The number of hydrogen-bond acceptors (Lipinski definition) is 3. The largest absolute Gasteiger partial charge is 0.459 e. The lowest BCUT2D eigenvalue weighted by Gasteiger charge is -2.09. The molecule has 0 aliphatic carbocycles. The van der Waals surface area contributed by atoms with Crippen molar-refractivity contribution in [3.63, 3.8) is 0 Å². The molecule has 0 radical (unpaired) electrons. The normalized spacial score (nSPS) is 25.9. The fourth-order valence-electron chi connectivity index (χ4n) is 2.04. The molecule has 1 saturated heterocycles. The Kier molecular flexibility index (Phi) is 3.38. The molecule has 1 aromatic carbocycles. The predicted molar refractivity (Wildman–Crippen MR) is 64.1 cm³/mol. The molecule has 0 amide bonds. The summed E-state index contributed by atoms with van der Waals surface area (Å²) in [5, 5.41) is 0. The van der Waals surface area contributed by atoms with Crippen molar-refractivity contribution in [3.8, 4) is 0 Å². The molecule has 0 saturated carbocycles. The van der Waals surface area contributed by atoms with Crippen molar-refractivity contribution in [2.24, 2.45) is 5.92 Å². The minimum absolute atomic E-state index is 0.125. The van der Waals surface area contributed by atoms with Crippen LogP contribution in [0.1, 0.15) is 18.9 Å². The maximum atomic E-state index is 11.7. The van der Waals surface area contributed by atoms with Crippen LogP contribution in [0.3, 0.4) is 0 Å². The maximum absolute atomic E-state index is 11.7. The molecule has 1 fully saturated rings. The van der Waals surface area contributed by atoms with E-state index < -0.39 is 0 Å². The van der Waals surface area contributed by atoms with Gasteiger partial charge < -0.3 is 9.53 Å². The molecular formula is C14H14O3. The van der Waals surface area contributed by atoms with Gasteiger partial charge in [0.1, 0.15) is 12.4 Å². The van der Waals surface area contributed by atoms with E-state index in [4.69, 9.17) is 4.74 Å². The quantitative estimate of drug-likeness (QED) is 0.454. The van der Waals surface area contributed by atoms with Crippen molar-refractivity contribution in [1.29, 1.82) is 0 Å². The number of carbonyl (C=O) groups excluding carboxylic acids is 2. The number of cyclic esters (lactones) is 1. The van der Waals surface area contributed by atoms with Crippen LogP contribution in [-0.4, -0.2) is 18.4 Å². The summed E-state index contributed by atoms with van der Waals surface area (Å²) in [4.78, 5) is 22.3. The van der Waals surface area contributed by atoms with Gasteiger partial charge in [0, 0.05) is 17.9 Å². The second-order valence-electron chi connectivity index (χ2n) is 4.13. The predicted octanol–water partition coefficient (Wildman–Crippen LogP) is 2.22. The van der Waals surface area contributed by atoms with Gasteiger partial charge in [0.25, 0.3) is 0 Å². The highest BCUT2D eigenvalue weighted by Crippen LogP contribution is 2.31. The minimum atomic E-state index is -0.312. The van der Waals surface area contributed by atoms with Crippen molar-refractivity contribution in [3.05, 3.63) is 41.5 Å². The van der Waals surface area contributed by atoms with E-state index in [0.29, 0.717) is 12.0 Å². The molecule has 1 aromatic rings. The van der Waals surface area contributed by atoms with Crippen LogP contribution in [0.25, 0.3) is 6.08 Å². The molecule has 1 aliphatic heterocycles. The molecule has 2 rings (SSSR count). The van der Waals surface area contributed by atoms with Gasteiger partial charge in [-0.2, -0.15) is 0 Å². The SMILES string of the molecule is C[C@@H]1OC(=O)/C(=C/c2ccccc2)[C@H]1CC=O. The average Bonchev–Trinajstić information content (AvgIpc) is 2.58. The van der Waals surface area contributed by atoms with Gasteiger partial charge in [0.15, 0.2) is 0 Å². The van der Waals surface area contributed by atoms with Crippen LogP contribution in [0, 0.1) is 5.92 Å². The van der Waals surface area contributed by atoms with E-state index >= 15 is 0 Å². The van der Waals surface area contributed by atoms with Crippen molar-refractivity contribution >= 4 is 18.3 Å². The first-order chi connectivity index (χ1) is 8.22. The van der Waals surface area contributed by atoms with E-state index in [9.17, 15) is 9.59 Å². The number of esters is 1. The summed E-state index contributed by atoms with van der Waals surface area (Å²) in [6.07, 6.45) is 2.75. The fourth-order valence-corrected chi connectivity index (χ4v) is 2.04. The Balaban J connectivity index is 2.31. The lowest BCUT2D eigenvalue weighted by molar-refractivity contribution is -0.138. The lowest BCUT2D eigenvalue weighted by Crippen LogP contribution is -2.12. The number of ether oxygens (including phenoxy) is 1. The summed E-state index contributed by atoms with van der Waals surface area (Å²) < 4.78 is 5.15. The fraction of sp³-hybridized carbons (Fsp3) is 0.286. The molecule has 88 valence electrons. The van der Waals surface area contributed by atoms with Crippen LogP contribution >= 0.6 is 0 Å². The zero-order valence-electron chi connectivity index (χ0n) is 9.63. The van der Waals surface area contributed by atoms with E-state index in [2.05, 4.69) is 0 Å². The van der Waals surface area contributed by atoms with Gasteiger partial charge in [0.05, 0.1) is 0 Å². The maximum Gasteiger partial charge on any atom is 0.334 e. The van der Waals surface area contributed by atoms with Crippen molar-refractivity contribution in [2.75, 3.05) is 0 Å². The molecule has 0 bridgehead atoms. The molecule has 2 atom stereocenters. The van der Waals surface area contributed by atoms with E-state index in [-0.39, 0.29) is 18.0 Å². The molecule has 1 aliphatic rings. The van der Waals surface area contributed by atoms with Crippen LogP contribution in [0.4, 0.5) is 0 Å². The van der Waals surface area contributed by atoms with Gasteiger partial charge in [-0.3, -0.25) is 0 Å². The van der Waals surface area contributed by atoms with Gasteiger partial charge in [0.2, 0.25) is 0 Å². The summed E-state index contributed by atoms with van der Waals surface area (Å²) in [6, 6.07) is 9.57. The Hall–Kier alpha value is -1.90. The summed E-state index contributed by atoms with van der Waals surface area (Å²) in [6.45, 7) is 1.82. The highest BCUT2D eigenvalue weighted by Gasteiger charge is 2.36. The Morgan fingerprint density at radius 1 is 1.29 bits per heavy atom. The standard InChI is InChI=1S/C14H14O3/c1-10-12(7-8-15)13(14(16)17-10)9-11-5-3-2-4-6-11/h2-6,8-10,12H,7H2,1H3/b13-9+/t10-,12-/m0/s1. The Morgan fingerprint density at radius 2 is 2.00 bits per heavy atom. The molecule has 3 nitrogen and oxygen atoms in total. The van der Waals surface area contributed by atoms with Crippen molar-refractivity contribution in [1.82, 2.24) is 0 Å². The first kappa shape index (κ1) is 11.6. The summed E-state index contributed by atoms with van der Waals surface area (Å²) in [5.41, 5.74) is 1.54. The van der Waals surface area contributed by atoms with E-state index in [0.717, 1.165) is 11.8 Å². The third-order valence-corrected chi connectivity index (χ3v) is 2.97. The van der Waals surface area contributed by atoms with Gasteiger partial charge in [-0.15, -0.1) is 0 Å². The minimum Gasteiger partial charge on any atom is -0.459 e. The number of carbonyl (C=O) groups is 2. The van der Waals surface area contributed by atoms with Gasteiger partial charge in [-0.1, -0.05) is 30.3 Å².